The van der Waals surface area contributed by atoms with Crippen molar-refractivity contribution in [3.8, 4) is 17.2 Å². The lowest BCUT2D eigenvalue weighted by molar-refractivity contribution is 0.208. The summed E-state index contributed by atoms with van der Waals surface area (Å²) >= 11 is 0. The number of rotatable bonds is 8. The molecule has 4 aromatic rings. The van der Waals surface area contributed by atoms with E-state index in [1.807, 2.05) is 48.5 Å². The maximum absolute atomic E-state index is 9.67. The molecule has 2 aromatic heterocycles. The van der Waals surface area contributed by atoms with Crippen molar-refractivity contribution in [2.45, 2.75) is 13.0 Å². The lowest BCUT2D eigenvalue weighted by atomic mass is 10.2. The first kappa shape index (κ1) is 20.4. The molecule has 3 N–H and O–H groups in total. The predicted molar refractivity (Wildman–Crippen MR) is 120 cm³/mol. The summed E-state index contributed by atoms with van der Waals surface area (Å²) in [5, 5.41) is 21.3. The van der Waals surface area contributed by atoms with Crippen LogP contribution in [0.15, 0.2) is 54.7 Å². The minimum Gasteiger partial charge on any atom is -0.497 e. The molecule has 4 rings (SSSR count). The first-order valence-corrected chi connectivity index (χ1v) is 9.81. The maximum Gasteiger partial charge on any atom is 0.226 e. The molecule has 9 nitrogen and oxygen atoms in total. The van der Waals surface area contributed by atoms with Crippen molar-refractivity contribution in [1.29, 1.82) is 0 Å². The van der Waals surface area contributed by atoms with Crippen LogP contribution in [0, 0.1) is 0 Å². The van der Waals surface area contributed by atoms with Crippen LogP contribution in [0.2, 0.25) is 0 Å². The first-order chi connectivity index (χ1) is 15.1. The molecule has 0 spiro atoms. The Kier molecular flexibility index (Phi) is 5.85. The monoisotopic (exact) mass is 420 g/mol. The molecule has 0 unspecified atom stereocenters. The van der Waals surface area contributed by atoms with E-state index in [0.29, 0.717) is 41.1 Å². The Bertz CT molecular complexity index is 1180. The molecule has 0 amide bonds. The third-order valence-corrected chi connectivity index (χ3v) is 4.64. The summed E-state index contributed by atoms with van der Waals surface area (Å²) in [6.45, 7) is 2.01. The van der Waals surface area contributed by atoms with Crippen molar-refractivity contribution in [2.24, 2.45) is 0 Å². The molecule has 0 aliphatic rings. The highest BCUT2D eigenvalue weighted by molar-refractivity contribution is 5.91. The number of anilines is 3. The molecule has 160 valence electrons. The third kappa shape index (κ3) is 4.36. The second-order valence-corrected chi connectivity index (χ2v) is 6.95. The van der Waals surface area contributed by atoms with Crippen LogP contribution >= 0.6 is 0 Å². The predicted octanol–water partition coefficient (Wildman–Crippen LogP) is 3.37. The van der Waals surface area contributed by atoms with Crippen molar-refractivity contribution in [1.82, 2.24) is 19.7 Å². The van der Waals surface area contributed by atoms with E-state index in [2.05, 4.69) is 25.7 Å². The second-order valence-electron chi connectivity index (χ2n) is 6.95. The van der Waals surface area contributed by atoms with Gasteiger partial charge in [-0.1, -0.05) is 18.2 Å². The van der Waals surface area contributed by atoms with Crippen LogP contribution in [-0.4, -0.2) is 51.7 Å². The van der Waals surface area contributed by atoms with Gasteiger partial charge in [-0.25, -0.2) is 4.68 Å². The number of aliphatic hydroxyl groups excluding tert-OH is 1. The fourth-order valence-corrected chi connectivity index (χ4v) is 3.12. The number of aliphatic hydroxyl groups is 1. The number of ether oxygens (including phenoxy) is 2. The van der Waals surface area contributed by atoms with Gasteiger partial charge in [-0.2, -0.15) is 15.1 Å². The van der Waals surface area contributed by atoms with Crippen LogP contribution in [0.25, 0.3) is 16.7 Å². The zero-order valence-corrected chi connectivity index (χ0v) is 17.5. The zero-order chi connectivity index (χ0) is 21.8. The van der Waals surface area contributed by atoms with Gasteiger partial charge in [0.1, 0.15) is 17.3 Å². The molecule has 2 aromatic carbocycles. The van der Waals surface area contributed by atoms with Crippen LogP contribution in [-0.2, 0) is 0 Å². The molecule has 1 atom stereocenters. The standard InChI is InChI=1S/C22H24N6O3/c1-14(29)12-23-22-26-20(25-18-11-16(30-2)9-10-19(18)31-3)17-13-24-28(21(17)27-22)15-7-5-4-6-8-15/h4-11,13-14,29H,12H2,1-3H3,(H2,23,25,26,27)/t14-/m0/s1. The normalized spacial score (nSPS) is 11.9. The number of nitrogens with zero attached hydrogens (tertiary/aromatic N) is 4. The molecule has 0 saturated heterocycles. The van der Waals surface area contributed by atoms with E-state index in [1.165, 1.54) is 0 Å². The van der Waals surface area contributed by atoms with Crippen LogP contribution in [0.1, 0.15) is 6.92 Å². The van der Waals surface area contributed by atoms with Crippen molar-refractivity contribution < 1.29 is 14.6 Å². The lowest BCUT2D eigenvalue weighted by Gasteiger charge is -2.14. The van der Waals surface area contributed by atoms with E-state index < -0.39 is 6.10 Å². The lowest BCUT2D eigenvalue weighted by Crippen LogP contribution is -2.17. The van der Waals surface area contributed by atoms with Crippen LogP contribution < -0.4 is 20.1 Å². The van der Waals surface area contributed by atoms with Crippen LogP contribution in [0.3, 0.4) is 0 Å². The van der Waals surface area contributed by atoms with Gasteiger partial charge in [0.2, 0.25) is 5.95 Å². The molecular weight excluding hydrogens is 396 g/mol. The summed E-state index contributed by atoms with van der Waals surface area (Å²) in [6, 6.07) is 15.2. The summed E-state index contributed by atoms with van der Waals surface area (Å²) in [4.78, 5) is 9.25. The number of para-hydroxylation sites is 1. The summed E-state index contributed by atoms with van der Waals surface area (Å²) in [5.74, 6) is 2.24. The van der Waals surface area contributed by atoms with E-state index in [9.17, 15) is 5.11 Å². The van der Waals surface area contributed by atoms with Crippen molar-refractivity contribution in [3.63, 3.8) is 0 Å². The zero-order valence-electron chi connectivity index (χ0n) is 17.5. The second kappa shape index (κ2) is 8.88. The summed E-state index contributed by atoms with van der Waals surface area (Å²) < 4.78 is 12.6. The number of hydrogen-bond donors (Lipinski definition) is 3. The minimum atomic E-state index is -0.548. The van der Waals surface area contributed by atoms with Crippen molar-refractivity contribution >= 4 is 28.5 Å². The number of hydrogen-bond acceptors (Lipinski definition) is 8. The maximum atomic E-state index is 9.67. The number of benzene rings is 2. The van der Waals surface area contributed by atoms with Gasteiger partial charge in [-0.15, -0.1) is 0 Å². The smallest absolute Gasteiger partial charge is 0.226 e. The van der Waals surface area contributed by atoms with Gasteiger partial charge in [0, 0.05) is 12.6 Å². The quantitative estimate of drug-likeness (QED) is 0.398. The Labute approximate surface area is 179 Å². The fraction of sp³-hybridized carbons (Fsp3) is 0.227. The van der Waals surface area contributed by atoms with Crippen molar-refractivity contribution in [2.75, 3.05) is 31.4 Å². The van der Waals surface area contributed by atoms with Gasteiger partial charge < -0.3 is 25.2 Å². The SMILES string of the molecule is COc1ccc(OC)c(Nc2nc(NC[C@H](C)O)nc3c2cnn3-c2ccccc2)c1. The van der Waals surface area contributed by atoms with Gasteiger partial charge in [0.15, 0.2) is 5.65 Å². The Balaban J connectivity index is 1.83. The number of fused-ring (bicyclic) bond motifs is 1. The Hall–Kier alpha value is -3.85. The highest BCUT2D eigenvalue weighted by Gasteiger charge is 2.16. The average Bonchev–Trinajstić information content (AvgIpc) is 3.22. The first-order valence-electron chi connectivity index (χ1n) is 9.81. The van der Waals surface area contributed by atoms with Gasteiger partial charge in [0.05, 0.1) is 43.3 Å². The number of methoxy groups -OCH3 is 2. The molecule has 0 fully saturated rings. The minimum absolute atomic E-state index is 0.312. The molecule has 2 heterocycles. The molecular formula is C22H24N6O3. The molecule has 0 bridgehead atoms. The molecule has 0 saturated carbocycles. The molecule has 0 aliphatic carbocycles. The van der Waals surface area contributed by atoms with E-state index in [4.69, 9.17) is 9.47 Å². The Morgan fingerprint density at radius 2 is 1.87 bits per heavy atom. The molecule has 0 radical (unpaired) electrons. The van der Waals surface area contributed by atoms with E-state index in [-0.39, 0.29) is 0 Å². The molecule has 9 heteroatoms. The van der Waals surface area contributed by atoms with E-state index in [1.54, 1.807) is 32.0 Å². The third-order valence-electron chi connectivity index (χ3n) is 4.64. The van der Waals surface area contributed by atoms with Crippen LogP contribution in [0.5, 0.6) is 11.5 Å². The van der Waals surface area contributed by atoms with Crippen molar-refractivity contribution in [3.05, 3.63) is 54.7 Å². The Morgan fingerprint density at radius 3 is 2.58 bits per heavy atom. The summed E-state index contributed by atoms with van der Waals surface area (Å²) in [6.07, 6.45) is 1.17. The largest absolute Gasteiger partial charge is 0.497 e. The topological polar surface area (TPSA) is 106 Å². The van der Waals surface area contributed by atoms with E-state index in [0.717, 1.165) is 11.1 Å². The summed E-state index contributed by atoms with van der Waals surface area (Å²) in [5.41, 5.74) is 2.19. The van der Waals surface area contributed by atoms with Gasteiger partial charge in [-0.05, 0) is 31.2 Å². The molecule has 0 aliphatic heterocycles. The van der Waals surface area contributed by atoms with Gasteiger partial charge in [-0.3, -0.25) is 0 Å². The van der Waals surface area contributed by atoms with Crippen LogP contribution in [0.4, 0.5) is 17.5 Å². The highest BCUT2D eigenvalue weighted by Crippen LogP contribution is 2.33. The molecule has 31 heavy (non-hydrogen) atoms. The van der Waals surface area contributed by atoms with Gasteiger partial charge in [0.25, 0.3) is 0 Å². The van der Waals surface area contributed by atoms with Gasteiger partial charge >= 0.3 is 0 Å². The number of nitrogens with one attached hydrogen (secondary N) is 2. The fourth-order valence-electron chi connectivity index (χ4n) is 3.12. The number of aromatic nitrogens is 4. The highest BCUT2D eigenvalue weighted by atomic mass is 16.5. The average molecular weight is 420 g/mol. The Morgan fingerprint density at radius 1 is 1.06 bits per heavy atom. The summed E-state index contributed by atoms with van der Waals surface area (Å²) in [7, 11) is 3.21. The van der Waals surface area contributed by atoms with E-state index >= 15 is 0 Å².